The monoisotopic (exact) mass is 369 g/mol. The maximum Gasteiger partial charge on any atom is 0.269 e. The fourth-order valence-corrected chi connectivity index (χ4v) is 2.56. The Morgan fingerprint density at radius 2 is 1.59 bits per heavy atom. The zero-order chi connectivity index (χ0) is 19.6. The Morgan fingerprint density at radius 3 is 2.22 bits per heavy atom. The van der Waals surface area contributed by atoms with Crippen molar-refractivity contribution in [2.45, 2.75) is 26.7 Å². The van der Waals surface area contributed by atoms with Gasteiger partial charge in [0.05, 0.1) is 7.11 Å². The Labute approximate surface area is 160 Å². The highest BCUT2D eigenvalue weighted by Gasteiger charge is 2.12. The largest absolute Gasteiger partial charge is 0.496 e. The predicted molar refractivity (Wildman–Crippen MR) is 105 cm³/mol. The van der Waals surface area contributed by atoms with E-state index in [4.69, 9.17) is 4.74 Å². The van der Waals surface area contributed by atoms with Crippen molar-refractivity contribution >= 4 is 11.8 Å². The number of amides is 2. The van der Waals surface area contributed by atoms with Crippen molar-refractivity contribution in [2.24, 2.45) is 5.92 Å². The molecule has 27 heavy (non-hydrogen) atoms. The van der Waals surface area contributed by atoms with Gasteiger partial charge in [-0.3, -0.25) is 9.59 Å². The molecule has 0 unspecified atom stereocenters. The van der Waals surface area contributed by atoms with Crippen LogP contribution in [0, 0.1) is 5.92 Å². The topological polar surface area (TPSA) is 80.3 Å². The Morgan fingerprint density at radius 1 is 0.963 bits per heavy atom. The summed E-state index contributed by atoms with van der Waals surface area (Å²) in [6.07, 6.45) is 1.54. The number of nitrogens with one attached hydrogen (secondary N) is 2. The van der Waals surface area contributed by atoms with E-state index in [0.717, 1.165) is 17.7 Å². The van der Waals surface area contributed by atoms with Crippen molar-refractivity contribution in [3.63, 3.8) is 0 Å². The summed E-state index contributed by atoms with van der Waals surface area (Å²) >= 11 is 0. The lowest BCUT2D eigenvalue weighted by molar-refractivity contribution is 0.0943. The number of methoxy groups -OCH3 is 1. The Hall–Kier alpha value is -2.89. The second-order valence-corrected chi connectivity index (χ2v) is 6.66. The highest BCUT2D eigenvalue weighted by molar-refractivity contribution is 5.96. The van der Waals surface area contributed by atoms with Crippen LogP contribution in [0.3, 0.4) is 0 Å². The van der Waals surface area contributed by atoms with Crippen molar-refractivity contribution < 1.29 is 14.3 Å². The molecule has 1 aromatic carbocycles. The Kier molecular flexibility index (Phi) is 7.79. The van der Waals surface area contributed by atoms with Crippen LogP contribution in [0.4, 0.5) is 0 Å². The fraction of sp³-hybridized carbons (Fsp3) is 0.381. The molecule has 2 amide bonds. The molecule has 144 valence electrons. The first-order chi connectivity index (χ1) is 13.0. The molecule has 2 aromatic rings. The number of hydrogen-bond donors (Lipinski definition) is 2. The maximum atomic E-state index is 12.3. The molecule has 1 heterocycles. The van der Waals surface area contributed by atoms with E-state index < -0.39 is 0 Å². The van der Waals surface area contributed by atoms with Crippen LogP contribution >= 0.6 is 0 Å². The fourth-order valence-electron chi connectivity index (χ4n) is 2.56. The summed E-state index contributed by atoms with van der Waals surface area (Å²) in [5.74, 6) is 0.740. The van der Waals surface area contributed by atoms with E-state index in [-0.39, 0.29) is 23.2 Å². The van der Waals surface area contributed by atoms with Crippen LogP contribution in [0.5, 0.6) is 5.75 Å². The lowest BCUT2D eigenvalue weighted by Gasteiger charge is -2.10. The first-order valence-electron chi connectivity index (χ1n) is 9.16. The van der Waals surface area contributed by atoms with Crippen molar-refractivity contribution in [1.82, 2.24) is 15.6 Å². The maximum absolute atomic E-state index is 12.3. The molecule has 6 heteroatoms. The van der Waals surface area contributed by atoms with E-state index in [1.54, 1.807) is 25.3 Å². The minimum Gasteiger partial charge on any atom is -0.496 e. The molecular weight excluding hydrogens is 342 g/mol. The number of carbonyl (C=O) groups excluding carboxylic acids is 2. The zero-order valence-corrected chi connectivity index (χ0v) is 16.1. The van der Waals surface area contributed by atoms with Gasteiger partial charge in [0.1, 0.15) is 17.1 Å². The van der Waals surface area contributed by atoms with Gasteiger partial charge in [-0.25, -0.2) is 4.98 Å². The first-order valence-corrected chi connectivity index (χ1v) is 9.16. The summed E-state index contributed by atoms with van der Waals surface area (Å²) in [6.45, 7) is 5.24. The average molecular weight is 369 g/mol. The van der Waals surface area contributed by atoms with Gasteiger partial charge in [-0.1, -0.05) is 38.1 Å². The zero-order valence-electron chi connectivity index (χ0n) is 16.1. The molecule has 0 spiro atoms. The second kappa shape index (κ2) is 10.3. The van der Waals surface area contributed by atoms with Gasteiger partial charge in [-0.05, 0) is 42.5 Å². The van der Waals surface area contributed by atoms with Crippen LogP contribution in [-0.2, 0) is 6.42 Å². The molecule has 2 rings (SSSR count). The van der Waals surface area contributed by atoms with Gasteiger partial charge in [0, 0.05) is 13.1 Å². The Bertz CT molecular complexity index is 775. The van der Waals surface area contributed by atoms with Crippen molar-refractivity contribution in [1.29, 1.82) is 0 Å². The molecule has 1 aromatic heterocycles. The molecule has 0 bridgehead atoms. The van der Waals surface area contributed by atoms with Gasteiger partial charge in [-0.15, -0.1) is 0 Å². The minimum atomic E-state index is -0.304. The summed E-state index contributed by atoms with van der Waals surface area (Å²) in [7, 11) is 1.62. The van der Waals surface area contributed by atoms with Gasteiger partial charge in [0.2, 0.25) is 0 Å². The number of ether oxygens (including phenoxy) is 1. The average Bonchev–Trinajstić information content (AvgIpc) is 2.68. The van der Waals surface area contributed by atoms with Gasteiger partial charge in [0.25, 0.3) is 11.8 Å². The molecule has 0 fully saturated rings. The number of carbonyl (C=O) groups is 2. The van der Waals surface area contributed by atoms with Crippen molar-refractivity contribution in [3.05, 3.63) is 59.4 Å². The number of hydrogen-bond acceptors (Lipinski definition) is 4. The molecule has 2 N–H and O–H groups in total. The minimum absolute atomic E-state index is 0.228. The summed E-state index contributed by atoms with van der Waals surface area (Å²) in [5.41, 5.74) is 1.49. The molecular formula is C21H27N3O3. The number of para-hydroxylation sites is 1. The van der Waals surface area contributed by atoms with Crippen LogP contribution in [0.25, 0.3) is 0 Å². The molecule has 0 aliphatic heterocycles. The molecule has 0 atom stereocenters. The van der Waals surface area contributed by atoms with Crippen LogP contribution in [0.2, 0.25) is 0 Å². The van der Waals surface area contributed by atoms with Crippen LogP contribution in [0.1, 0.15) is 46.8 Å². The van der Waals surface area contributed by atoms with Crippen molar-refractivity contribution in [3.8, 4) is 5.75 Å². The first kappa shape index (κ1) is 20.4. The van der Waals surface area contributed by atoms with E-state index in [1.807, 2.05) is 24.3 Å². The highest BCUT2D eigenvalue weighted by atomic mass is 16.5. The van der Waals surface area contributed by atoms with E-state index in [9.17, 15) is 9.59 Å². The number of pyridine rings is 1. The Balaban J connectivity index is 1.90. The number of nitrogens with zero attached hydrogens (tertiary/aromatic N) is 1. The lowest BCUT2D eigenvalue weighted by atomic mass is 10.1. The van der Waals surface area contributed by atoms with E-state index >= 15 is 0 Å². The SMILES string of the molecule is COc1ccccc1CCNC(=O)c1cccc(C(=O)NCCC(C)C)n1. The quantitative estimate of drug-likeness (QED) is 0.712. The predicted octanol–water partition coefficient (Wildman–Crippen LogP) is 2.84. The third kappa shape index (κ3) is 6.40. The molecule has 0 aliphatic rings. The van der Waals surface area contributed by atoms with Gasteiger partial charge >= 0.3 is 0 Å². The summed E-state index contributed by atoms with van der Waals surface area (Å²) in [6, 6.07) is 12.6. The summed E-state index contributed by atoms with van der Waals surface area (Å²) < 4.78 is 5.31. The second-order valence-electron chi connectivity index (χ2n) is 6.66. The third-order valence-corrected chi connectivity index (χ3v) is 4.09. The molecule has 6 nitrogen and oxygen atoms in total. The summed E-state index contributed by atoms with van der Waals surface area (Å²) in [5, 5.41) is 5.66. The molecule has 0 saturated carbocycles. The third-order valence-electron chi connectivity index (χ3n) is 4.09. The number of benzene rings is 1. The normalized spacial score (nSPS) is 10.5. The van der Waals surface area contributed by atoms with E-state index in [0.29, 0.717) is 25.4 Å². The summed E-state index contributed by atoms with van der Waals surface area (Å²) in [4.78, 5) is 28.7. The van der Waals surface area contributed by atoms with Gasteiger partial charge < -0.3 is 15.4 Å². The molecule has 0 saturated heterocycles. The van der Waals surface area contributed by atoms with E-state index in [2.05, 4.69) is 29.5 Å². The van der Waals surface area contributed by atoms with E-state index in [1.165, 1.54) is 0 Å². The van der Waals surface area contributed by atoms with Crippen molar-refractivity contribution in [2.75, 3.05) is 20.2 Å². The highest BCUT2D eigenvalue weighted by Crippen LogP contribution is 2.17. The van der Waals surface area contributed by atoms with Crippen LogP contribution in [-0.4, -0.2) is 37.0 Å². The van der Waals surface area contributed by atoms with Gasteiger partial charge in [-0.2, -0.15) is 0 Å². The number of rotatable bonds is 9. The smallest absolute Gasteiger partial charge is 0.269 e. The van der Waals surface area contributed by atoms with Crippen LogP contribution in [0.15, 0.2) is 42.5 Å². The standard InChI is InChI=1S/C21H27N3O3/c1-15(2)11-13-22-20(25)17-8-6-9-18(24-17)21(26)23-14-12-16-7-4-5-10-19(16)27-3/h4-10,15H,11-14H2,1-3H3,(H,22,25)(H,23,26). The molecule has 0 aliphatic carbocycles. The molecule has 0 radical (unpaired) electrons. The number of aromatic nitrogens is 1. The van der Waals surface area contributed by atoms with Crippen LogP contribution < -0.4 is 15.4 Å². The lowest BCUT2D eigenvalue weighted by Crippen LogP contribution is -2.29. The van der Waals surface area contributed by atoms with Gasteiger partial charge in [0.15, 0.2) is 0 Å².